The molecule has 18 heteroatoms. The van der Waals surface area contributed by atoms with Crippen molar-refractivity contribution in [1.82, 2.24) is 30.7 Å². The van der Waals surface area contributed by atoms with Gasteiger partial charge in [-0.15, -0.1) is 11.3 Å². The molecule has 77 heavy (non-hydrogen) atoms. The highest BCUT2D eigenvalue weighted by Crippen LogP contribution is 2.36. The van der Waals surface area contributed by atoms with Crippen LogP contribution in [-0.2, 0) is 25.6 Å². The molecule has 6 aromatic rings. The Bertz CT molecular complexity index is 3040. The number of hydrogen-bond acceptors (Lipinski definition) is 14. The minimum Gasteiger partial charge on any atom is -0.493 e. The van der Waals surface area contributed by atoms with Gasteiger partial charge in [-0.2, -0.15) is 0 Å². The highest BCUT2D eigenvalue weighted by Gasteiger charge is 2.43. The third-order valence-corrected chi connectivity index (χ3v) is 15.5. The van der Waals surface area contributed by atoms with Crippen LogP contribution in [0.3, 0.4) is 0 Å². The van der Waals surface area contributed by atoms with E-state index in [1.165, 1.54) is 10.5 Å². The van der Waals surface area contributed by atoms with Gasteiger partial charge in [0, 0.05) is 81.3 Å². The van der Waals surface area contributed by atoms with Crippen molar-refractivity contribution in [2.24, 2.45) is 5.92 Å². The number of carbonyl (C=O) groups is 3. The van der Waals surface area contributed by atoms with Crippen molar-refractivity contribution in [3.05, 3.63) is 134 Å². The Balaban J connectivity index is 0.841. The molecular weight excluding hydrogens is 999 g/mol. The Morgan fingerprint density at radius 3 is 2.35 bits per heavy atom. The summed E-state index contributed by atoms with van der Waals surface area (Å²) in [4.78, 5) is 67.0. The van der Waals surface area contributed by atoms with E-state index >= 15 is 0 Å². The van der Waals surface area contributed by atoms with Gasteiger partial charge in [-0.05, 0) is 123 Å². The molecule has 8 rings (SSSR count). The number of nitrogens with zero attached hydrogens (tertiary/aromatic N) is 4. The molecule has 2 aliphatic rings. The Kier molecular flexibility index (Phi) is 19.0. The zero-order valence-corrected chi connectivity index (χ0v) is 46.3. The second-order valence-corrected chi connectivity index (χ2v) is 21.3. The number of rotatable bonds is 23. The minimum atomic E-state index is -0.867. The van der Waals surface area contributed by atoms with Crippen molar-refractivity contribution in [3.63, 3.8) is 0 Å². The number of amides is 3. The summed E-state index contributed by atoms with van der Waals surface area (Å²) in [7, 11) is 0. The van der Waals surface area contributed by atoms with Gasteiger partial charge < -0.3 is 54.0 Å². The summed E-state index contributed by atoms with van der Waals surface area (Å²) >= 11 is 1.58. The Labute approximate surface area is 454 Å². The third-order valence-electron chi connectivity index (χ3n) is 14.5. The fraction of sp³-hybridized carbons (Fsp3) is 0.458. The summed E-state index contributed by atoms with van der Waals surface area (Å²) in [6.45, 7) is 19.0. The van der Waals surface area contributed by atoms with Crippen molar-refractivity contribution >= 4 is 34.7 Å². The van der Waals surface area contributed by atoms with Gasteiger partial charge >= 0.3 is 0 Å². The first kappa shape index (κ1) is 56.3. The molecule has 0 saturated carbocycles. The Morgan fingerprint density at radius 2 is 1.64 bits per heavy atom. The van der Waals surface area contributed by atoms with Gasteiger partial charge in [0.15, 0.2) is 5.76 Å². The number of hydrogen-bond donors (Lipinski definition) is 4. The van der Waals surface area contributed by atoms with E-state index in [-0.39, 0.29) is 80.5 Å². The number of ether oxygens (including phenoxy) is 4. The number of pyridine rings is 1. The zero-order chi connectivity index (χ0) is 54.8. The van der Waals surface area contributed by atoms with Crippen molar-refractivity contribution in [2.75, 3.05) is 57.6 Å². The standard InChI is InChI=1S/C59H73N7O10S/c1-9-65(45-19-23-73-24-20-45)49-29-44(12-11-36(49)4)43-17-18-51(47(28-43)56(68)60-32-48-37(5)27-38(6)62-57(48)69)74-22-10-21-72-25-26-75-53-31-52(76-64-53)54(35(2)3)59(71)66-33-46(67)30-50(66)58(70)63-39(7)41-13-15-42(16-14-41)55-40(8)61-34-77-55/h11-18,27-29,31,34-35,39,45-46,50,54,67H,9-10,19-26,30,32-33H2,1-8H3,(H,60,68)(H,62,69)(H,63,70)/t39-,46+,50-,54?/m0/s1. The number of nitrogens with one attached hydrogen (secondary N) is 3. The fourth-order valence-corrected chi connectivity index (χ4v) is 11.2. The first-order chi connectivity index (χ1) is 37.1. The van der Waals surface area contributed by atoms with Crippen LogP contribution in [0.1, 0.15) is 115 Å². The lowest BCUT2D eigenvalue weighted by atomic mass is 9.91. The topological polar surface area (TPSA) is 211 Å². The number of aryl methyl sites for hydroxylation is 4. The molecule has 0 radical (unpaired) electrons. The number of β-amino-alcohol motifs (C(OH)–C–C–N with tert-alkyl or cyclic N) is 1. The number of aromatic nitrogens is 3. The molecular formula is C59H73N7O10S. The fourth-order valence-electron chi connectivity index (χ4n) is 10.4. The van der Waals surface area contributed by atoms with Crippen LogP contribution in [0.15, 0.2) is 87.6 Å². The van der Waals surface area contributed by atoms with Crippen LogP contribution in [0.4, 0.5) is 5.69 Å². The van der Waals surface area contributed by atoms with Crippen LogP contribution < -0.4 is 30.6 Å². The predicted molar refractivity (Wildman–Crippen MR) is 297 cm³/mol. The molecule has 1 unspecified atom stereocenters. The highest BCUT2D eigenvalue weighted by molar-refractivity contribution is 7.13. The lowest BCUT2D eigenvalue weighted by Gasteiger charge is -2.36. The molecule has 17 nitrogen and oxygen atoms in total. The summed E-state index contributed by atoms with van der Waals surface area (Å²) in [6.07, 6.45) is 1.70. The van der Waals surface area contributed by atoms with Crippen molar-refractivity contribution in [3.8, 4) is 33.2 Å². The Morgan fingerprint density at radius 1 is 0.896 bits per heavy atom. The number of thiazole rings is 1. The van der Waals surface area contributed by atoms with E-state index in [4.69, 9.17) is 23.5 Å². The lowest BCUT2D eigenvalue weighted by molar-refractivity contribution is -0.141. The number of benzene rings is 3. The molecule has 3 aromatic carbocycles. The van der Waals surface area contributed by atoms with Gasteiger partial charge in [-0.3, -0.25) is 19.2 Å². The number of likely N-dealkylation sites (tertiary alicyclic amines) is 1. The number of aliphatic hydroxyl groups is 1. The van der Waals surface area contributed by atoms with E-state index in [0.29, 0.717) is 41.7 Å². The molecule has 2 fully saturated rings. The lowest BCUT2D eigenvalue weighted by Crippen LogP contribution is -2.48. The average molecular weight is 1070 g/mol. The molecule has 2 aliphatic heterocycles. The molecule has 410 valence electrons. The van der Waals surface area contributed by atoms with E-state index in [9.17, 15) is 24.3 Å². The summed E-state index contributed by atoms with van der Waals surface area (Å²) < 4.78 is 29.3. The van der Waals surface area contributed by atoms with E-state index in [1.54, 1.807) is 17.4 Å². The maximum absolute atomic E-state index is 14.2. The molecule has 2 saturated heterocycles. The first-order valence-electron chi connectivity index (χ1n) is 26.8. The minimum absolute atomic E-state index is 0.0160. The smallest absolute Gasteiger partial charge is 0.255 e. The van der Waals surface area contributed by atoms with Gasteiger partial charge in [0.1, 0.15) is 24.3 Å². The quantitative estimate of drug-likeness (QED) is 0.0443. The van der Waals surface area contributed by atoms with Gasteiger partial charge in [0.2, 0.25) is 11.8 Å². The van der Waals surface area contributed by atoms with Gasteiger partial charge in [-0.1, -0.05) is 56.3 Å². The number of carbonyl (C=O) groups excluding carboxylic acids is 3. The van der Waals surface area contributed by atoms with Crippen molar-refractivity contribution < 1.29 is 43.0 Å². The molecule has 4 atom stereocenters. The number of aliphatic hydroxyl groups excluding tert-OH is 1. The predicted octanol–water partition coefficient (Wildman–Crippen LogP) is 8.77. The molecule has 0 aliphatic carbocycles. The van der Waals surface area contributed by atoms with E-state index in [2.05, 4.69) is 62.7 Å². The SMILES string of the molecule is CCN(c1cc(-c2ccc(OCCCOCCOc3cc(C(C(=O)N4C[C@H](O)C[C@H]4C(=O)N[C@@H](C)c4ccc(-c5scnc5C)cc4)C(C)C)on3)c(C(=O)NCc3c(C)cc(C)[nH]c3=O)c2)ccc1C)C1CCOCC1. The van der Waals surface area contributed by atoms with Crippen molar-refractivity contribution in [1.29, 1.82) is 0 Å². The molecule has 0 spiro atoms. The summed E-state index contributed by atoms with van der Waals surface area (Å²) in [6, 6.07) is 22.6. The largest absolute Gasteiger partial charge is 0.493 e. The van der Waals surface area contributed by atoms with Crippen LogP contribution >= 0.6 is 11.3 Å². The molecule has 3 amide bonds. The molecule has 3 aromatic heterocycles. The third kappa shape index (κ3) is 13.8. The van der Waals surface area contributed by atoms with E-state index in [0.717, 1.165) is 82.4 Å². The van der Waals surface area contributed by atoms with E-state index < -0.39 is 18.1 Å². The van der Waals surface area contributed by atoms with Crippen LogP contribution in [0.25, 0.3) is 21.6 Å². The monoisotopic (exact) mass is 1070 g/mol. The molecule has 5 heterocycles. The van der Waals surface area contributed by atoms with Crippen LogP contribution in [-0.4, -0.2) is 114 Å². The van der Waals surface area contributed by atoms with Crippen molar-refractivity contribution in [2.45, 2.75) is 118 Å². The summed E-state index contributed by atoms with van der Waals surface area (Å²) in [5, 5.41) is 20.8. The van der Waals surface area contributed by atoms with E-state index in [1.807, 2.05) is 95.6 Å². The van der Waals surface area contributed by atoms with Gasteiger partial charge in [-0.25, -0.2) is 4.98 Å². The average Bonchev–Trinajstić information content (AvgIpc) is 4.18. The second kappa shape index (κ2) is 26.0. The second-order valence-electron chi connectivity index (χ2n) is 20.4. The molecule has 4 N–H and O–H groups in total. The first-order valence-corrected chi connectivity index (χ1v) is 27.6. The normalized spacial score (nSPS) is 16.6. The maximum Gasteiger partial charge on any atom is 0.255 e. The summed E-state index contributed by atoms with van der Waals surface area (Å²) in [5.41, 5.74) is 11.0. The summed E-state index contributed by atoms with van der Waals surface area (Å²) in [5.74, 6) is -1.18. The zero-order valence-electron chi connectivity index (χ0n) is 45.5. The Hall–Kier alpha value is -6.86. The van der Waals surface area contributed by atoms with Gasteiger partial charge in [0.25, 0.3) is 17.3 Å². The van der Waals surface area contributed by atoms with Gasteiger partial charge in [0.05, 0.1) is 47.0 Å². The highest BCUT2D eigenvalue weighted by atomic mass is 32.1. The maximum atomic E-state index is 14.2. The van der Waals surface area contributed by atoms with Crippen LogP contribution in [0, 0.1) is 33.6 Å². The molecule has 0 bridgehead atoms. The number of aromatic amines is 1. The van der Waals surface area contributed by atoms with Crippen LogP contribution in [0.5, 0.6) is 11.6 Å². The van der Waals surface area contributed by atoms with Crippen LogP contribution in [0.2, 0.25) is 0 Å². The number of H-pyrrole nitrogens is 1. The number of anilines is 1.